The molecule has 1 aliphatic heterocycles. The van der Waals surface area contributed by atoms with Crippen LogP contribution in [0.4, 0.5) is 11.6 Å². The van der Waals surface area contributed by atoms with E-state index in [-0.39, 0.29) is 11.7 Å². The third kappa shape index (κ3) is 4.10. The lowest BCUT2D eigenvalue weighted by molar-refractivity contribution is -0.113. The molecule has 1 atom stereocenters. The molecule has 1 aliphatic rings. The first kappa shape index (κ1) is 21.9. The van der Waals surface area contributed by atoms with Gasteiger partial charge in [0.05, 0.1) is 32.6 Å². The van der Waals surface area contributed by atoms with Crippen LogP contribution in [0.25, 0.3) is 0 Å². The smallest absolute Gasteiger partial charge is 0.378 e. The van der Waals surface area contributed by atoms with Crippen LogP contribution in [-0.2, 0) is 9.53 Å². The molecule has 0 saturated heterocycles. The number of aromatic nitrogens is 3. The highest BCUT2D eigenvalue weighted by atomic mass is 16.5. The van der Waals surface area contributed by atoms with Gasteiger partial charge in [0.2, 0.25) is 5.95 Å². The Hall–Kier alpha value is -4.34. The number of benzene rings is 2. The first-order valence-corrected chi connectivity index (χ1v) is 10.1. The number of esters is 1. The number of hydrogen-bond donors (Lipinski definition) is 2. The zero-order valence-electron chi connectivity index (χ0n) is 18.6. The van der Waals surface area contributed by atoms with E-state index in [1.54, 1.807) is 44.4 Å². The summed E-state index contributed by atoms with van der Waals surface area (Å²) in [5.41, 5.74) is 2.25. The molecule has 33 heavy (non-hydrogen) atoms. The molecule has 4 rings (SSSR count). The van der Waals surface area contributed by atoms with Gasteiger partial charge in [-0.25, -0.2) is 9.48 Å². The molecule has 0 unspecified atom stereocenters. The molecule has 0 fully saturated rings. The molecule has 1 amide bonds. The summed E-state index contributed by atoms with van der Waals surface area (Å²) in [7, 11) is 4.37. The van der Waals surface area contributed by atoms with Gasteiger partial charge >= 0.3 is 5.97 Å². The van der Waals surface area contributed by atoms with Crippen molar-refractivity contribution in [2.45, 2.75) is 13.0 Å². The highest BCUT2D eigenvalue weighted by molar-refractivity contribution is 6.06. The molecule has 10 nitrogen and oxygen atoms in total. The van der Waals surface area contributed by atoms with Crippen molar-refractivity contribution >= 4 is 23.5 Å². The first-order valence-electron chi connectivity index (χ1n) is 10.1. The number of carbonyl (C=O) groups excluding carboxylic acids is 2. The predicted molar refractivity (Wildman–Crippen MR) is 120 cm³/mol. The quantitative estimate of drug-likeness (QED) is 0.552. The molecule has 10 heteroatoms. The standard InChI is InChI=1S/C23H23N5O5/c1-13-18(21(29)25-16-7-5-6-8-17(16)32-3)19(14-9-11-15(31-2)12-10-14)28-23(24-13)26-20(27-28)22(30)33-4/h5-12,19H,1-4H3,(H,25,29)(H,24,26,27)/t19-/m0/s1. The number of nitrogens with zero attached hydrogens (tertiary/aromatic N) is 3. The number of nitrogens with one attached hydrogen (secondary N) is 2. The fourth-order valence-corrected chi connectivity index (χ4v) is 3.65. The van der Waals surface area contributed by atoms with Crippen molar-refractivity contribution in [2.75, 3.05) is 32.0 Å². The number of allylic oxidation sites excluding steroid dienone is 1. The SMILES string of the molecule is COC(=O)c1nc2n(n1)[C@@H](c1ccc(OC)cc1)C(C(=O)Nc1ccccc1OC)=C(C)N2. The molecule has 2 aromatic carbocycles. The Labute approximate surface area is 190 Å². The summed E-state index contributed by atoms with van der Waals surface area (Å²) in [5, 5.41) is 10.3. The predicted octanol–water partition coefficient (Wildman–Crippen LogP) is 3.01. The van der Waals surface area contributed by atoms with E-state index in [1.807, 2.05) is 18.2 Å². The minimum atomic E-state index is -0.676. The molecule has 1 aromatic heterocycles. The molecule has 2 N–H and O–H groups in total. The van der Waals surface area contributed by atoms with Gasteiger partial charge in [0, 0.05) is 5.70 Å². The van der Waals surface area contributed by atoms with Gasteiger partial charge in [-0.1, -0.05) is 24.3 Å². The summed E-state index contributed by atoms with van der Waals surface area (Å²) < 4.78 is 16.9. The largest absolute Gasteiger partial charge is 0.497 e. The summed E-state index contributed by atoms with van der Waals surface area (Å²) in [5.74, 6) is 0.377. The van der Waals surface area contributed by atoms with Gasteiger partial charge in [0.25, 0.3) is 11.7 Å². The van der Waals surface area contributed by atoms with E-state index in [2.05, 4.69) is 20.7 Å². The van der Waals surface area contributed by atoms with Crippen molar-refractivity contribution in [3.05, 3.63) is 71.2 Å². The monoisotopic (exact) mass is 449 g/mol. The van der Waals surface area contributed by atoms with E-state index in [1.165, 1.54) is 18.9 Å². The van der Waals surface area contributed by atoms with E-state index in [9.17, 15) is 9.59 Å². The van der Waals surface area contributed by atoms with Gasteiger partial charge in [-0.2, -0.15) is 4.98 Å². The van der Waals surface area contributed by atoms with Crippen LogP contribution in [0.2, 0.25) is 0 Å². The van der Waals surface area contributed by atoms with E-state index in [0.29, 0.717) is 34.4 Å². The van der Waals surface area contributed by atoms with Crippen LogP contribution < -0.4 is 20.1 Å². The second-order valence-electron chi connectivity index (χ2n) is 7.19. The number of para-hydroxylation sites is 2. The highest BCUT2D eigenvalue weighted by Gasteiger charge is 2.35. The number of methoxy groups -OCH3 is 3. The second-order valence-corrected chi connectivity index (χ2v) is 7.19. The Balaban J connectivity index is 1.80. The molecule has 3 aromatic rings. The van der Waals surface area contributed by atoms with Gasteiger partial charge in [-0.3, -0.25) is 4.79 Å². The van der Waals surface area contributed by atoms with Crippen LogP contribution in [0.1, 0.15) is 29.1 Å². The molecule has 0 spiro atoms. The number of rotatable bonds is 6. The van der Waals surface area contributed by atoms with Crippen LogP contribution in [0.5, 0.6) is 11.5 Å². The first-order chi connectivity index (χ1) is 16.0. The van der Waals surface area contributed by atoms with Crippen LogP contribution in [0.3, 0.4) is 0 Å². The fourth-order valence-electron chi connectivity index (χ4n) is 3.65. The minimum Gasteiger partial charge on any atom is -0.497 e. The van der Waals surface area contributed by atoms with Crippen LogP contribution in [-0.4, -0.2) is 48.0 Å². The summed E-state index contributed by atoms with van der Waals surface area (Å²) >= 11 is 0. The molecular weight excluding hydrogens is 426 g/mol. The number of hydrogen-bond acceptors (Lipinski definition) is 8. The summed E-state index contributed by atoms with van der Waals surface area (Å²) in [4.78, 5) is 29.8. The number of carbonyl (C=O) groups is 2. The zero-order chi connectivity index (χ0) is 23.5. The van der Waals surface area contributed by atoms with Gasteiger partial charge in [0.1, 0.15) is 17.5 Å². The number of anilines is 2. The normalized spacial score (nSPS) is 14.7. The van der Waals surface area contributed by atoms with E-state index >= 15 is 0 Å². The maximum atomic E-state index is 13.5. The average molecular weight is 449 g/mol. The molecule has 0 aliphatic carbocycles. The topological polar surface area (TPSA) is 117 Å². The molecule has 2 heterocycles. The van der Waals surface area contributed by atoms with Crippen molar-refractivity contribution in [3.8, 4) is 11.5 Å². The van der Waals surface area contributed by atoms with Crippen LogP contribution in [0.15, 0.2) is 59.8 Å². The number of ether oxygens (including phenoxy) is 3. The minimum absolute atomic E-state index is 0.113. The lowest BCUT2D eigenvalue weighted by Crippen LogP contribution is -2.31. The second kappa shape index (κ2) is 9.03. The summed E-state index contributed by atoms with van der Waals surface area (Å²) in [6, 6.07) is 13.7. The Morgan fingerprint density at radius 2 is 1.76 bits per heavy atom. The van der Waals surface area contributed by atoms with Crippen molar-refractivity contribution < 1.29 is 23.8 Å². The van der Waals surface area contributed by atoms with E-state index < -0.39 is 12.0 Å². The van der Waals surface area contributed by atoms with E-state index in [0.717, 1.165) is 5.56 Å². The van der Waals surface area contributed by atoms with Crippen molar-refractivity contribution in [3.63, 3.8) is 0 Å². The molecular formula is C23H23N5O5. The van der Waals surface area contributed by atoms with Crippen molar-refractivity contribution in [2.24, 2.45) is 0 Å². The average Bonchev–Trinajstić information content (AvgIpc) is 3.26. The van der Waals surface area contributed by atoms with E-state index in [4.69, 9.17) is 14.2 Å². The van der Waals surface area contributed by atoms with Crippen molar-refractivity contribution in [1.82, 2.24) is 14.8 Å². The number of fused-ring (bicyclic) bond motifs is 1. The molecule has 0 saturated carbocycles. The molecule has 0 bridgehead atoms. The number of amides is 1. The van der Waals surface area contributed by atoms with Crippen LogP contribution in [0, 0.1) is 0 Å². The summed E-state index contributed by atoms with van der Waals surface area (Å²) in [6.07, 6.45) is 0. The highest BCUT2D eigenvalue weighted by Crippen LogP contribution is 2.37. The summed E-state index contributed by atoms with van der Waals surface area (Å²) in [6.45, 7) is 1.77. The van der Waals surface area contributed by atoms with Crippen LogP contribution >= 0.6 is 0 Å². The van der Waals surface area contributed by atoms with Gasteiger partial charge < -0.3 is 24.8 Å². The maximum Gasteiger partial charge on any atom is 0.378 e. The lowest BCUT2D eigenvalue weighted by atomic mass is 9.95. The molecule has 0 radical (unpaired) electrons. The Bertz CT molecular complexity index is 1230. The van der Waals surface area contributed by atoms with Gasteiger partial charge in [0.15, 0.2) is 0 Å². The lowest BCUT2D eigenvalue weighted by Gasteiger charge is -2.29. The Morgan fingerprint density at radius 3 is 2.42 bits per heavy atom. The third-order valence-electron chi connectivity index (χ3n) is 5.25. The van der Waals surface area contributed by atoms with Gasteiger partial charge in [-0.15, -0.1) is 5.10 Å². The van der Waals surface area contributed by atoms with Crippen molar-refractivity contribution in [1.29, 1.82) is 0 Å². The molecule has 170 valence electrons. The zero-order valence-corrected chi connectivity index (χ0v) is 18.6. The Morgan fingerprint density at radius 1 is 1.03 bits per heavy atom. The van der Waals surface area contributed by atoms with Gasteiger partial charge in [-0.05, 0) is 36.8 Å². The third-order valence-corrected chi connectivity index (χ3v) is 5.25. The fraction of sp³-hybridized carbons (Fsp3) is 0.217. The maximum absolute atomic E-state index is 13.5. The Kier molecular flexibility index (Phi) is 5.99.